The van der Waals surface area contributed by atoms with E-state index < -0.39 is 23.2 Å². The van der Waals surface area contributed by atoms with E-state index in [1.807, 2.05) is 0 Å². The van der Waals surface area contributed by atoms with Gasteiger partial charge in [-0.15, -0.1) is 0 Å². The summed E-state index contributed by atoms with van der Waals surface area (Å²) in [4.78, 5) is 10.9. The summed E-state index contributed by atoms with van der Waals surface area (Å²) in [7, 11) is 1.06. The third-order valence-corrected chi connectivity index (χ3v) is 1.69. The summed E-state index contributed by atoms with van der Waals surface area (Å²) in [5.74, 6) is -2.94. The standard InChI is InChI=1S/C10H8F2O2/c1-3-6-4-7(11)9(8(12)5-6)10(13)14-2/h3-5H,1H2,2H3. The Balaban J connectivity index is 3.31. The molecule has 0 aliphatic rings. The molecule has 0 heterocycles. The third kappa shape index (κ3) is 1.79. The van der Waals surface area contributed by atoms with Crippen LogP contribution in [0.5, 0.6) is 0 Å². The van der Waals surface area contributed by atoms with Gasteiger partial charge < -0.3 is 4.74 Å². The van der Waals surface area contributed by atoms with Crippen LogP contribution in [-0.4, -0.2) is 13.1 Å². The summed E-state index contributed by atoms with van der Waals surface area (Å²) in [5.41, 5.74) is -0.411. The second kappa shape index (κ2) is 4.00. The van der Waals surface area contributed by atoms with Gasteiger partial charge in [-0.1, -0.05) is 12.7 Å². The van der Waals surface area contributed by atoms with Gasteiger partial charge in [0.25, 0.3) is 0 Å². The number of rotatable bonds is 2. The molecule has 14 heavy (non-hydrogen) atoms. The van der Waals surface area contributed by atoms with Crippen molar-refractivity contribution in [1.82, 2.24) is 0 Å². The molecular formula is C10H8F2O2. The zero-order chi connectivity index (χ0) is 10.7. The van der Waals surface area contributed by atoms with E-state index in [0.29, 0.717) is 0 Å². The summed E-state index contributed by atoms with van der Waals surface area (Å²) in [6.45, 7) is 3.36. The number of esters is 1. The molecule has 4 heteroatoms. The Hall–Kier alpha value is -1.71. The Morgan fingerprint density at radius 2 is 1.93 bits per heavy atom. The van der Waals surface area contributed by atoms with Crippen LogP contribution in [0.15, 0.2) is 18.7 Å². The number of methoxy groups -OCH3 is 1. The summed E-state index contributed by atoms with van der Waals surface area (Å²) >= 11 is 0. The third-order valence-electron chi connectivity index (χ3n) is 1.69. The summed E-state index contributed by atoms with van der Waals surface area (Å²) < 4.78 is 30.5. The van der Waals surface area contributed by atoms with Crippen molar-refractivity contribution in [3.05, 3.63) is 41.5 Å². The molecule has 0 aliphatic carbocycles. The number of hydrogen-bond donors (Lipinski definition) is 0. The lowest BCUT2D eigenvalue weighted by molar-refractivity contribution is 0.0590. The average Bonchev–Trinajstić information content (AvgIpc) is 2.16. The SMILES string of the molecule is C=Cc1cc(F)c(C(=O)OC)c(F)c1. The van der Waals surface area contributed by atoms with Crippen LogP contribution in [0.4, 0.5) is 8.78 Å². The molecule has 0 bridgehead atoms. The molecule has 0 saturated carbocycles. The first-order chi connectivity index (χ1) is 6.60. The number of halogens is 2. The first kappa shape index (κ1) is 10.4. The van der Waals surface area contributed by atoms with Crippen molar-refractivity contribution in [1.29, 1.82) is 0 Å². The maximum absolute atomic E-state index is 13.1. The molecule has 0 aliphatic heterocycles. The average molecular weight is 198 g/mol. The van der Waals surface area contributed by atoms with Gasteiger partial charge in [0, 0.05) is 0 Å². The maximum atomic E-state index is 13.1. The Morgan fingerprint density at radius 1 is 1.43 bits per heavy atom. The molecule has 2 nitrogen and oxygen atoms in total. The summed E-state index contributed by atoms with van der Waals surface area (Å²) in [5, 5.41) is 0. The van der Waals surface area contributed by atoms with E-state index in [1.165, 1.54) is 6.08 Å². The van der Waals surface area contributed by atoms with E-state index in [2.05, 4.69) is 11.3 Å². The van der Waals surface area contributed by atoms with E-state index in [1.54, 1.807) is 0 Å². The number of hydrogen-bond acceptors (Lipinski definition) is 2. The molecule has 1 aromatic rings. The van der Waals surface area contributed by atoms with Crippen molar-refractivity contribution in [2.24, 2.45) is 0 Å². The Kier molecular flexibility index (Phi) is 2.96. The molecule has 0 saturated heterocycles. The van der Waals surface area contributed by atoms with Gasteiger partial charge >= 0.3 is 5.97 Å². The van der Waals surface area contributed by atoms with Crippen LogP contribution in [0.3, 0.4) is 0 Å². The van der Waals surface area contributed by atoms with Crippen LogP contribution in [0.1, 0.15) is 15.9 Å². The fraction of sp³-hybridized carbons (Fsp3) is 0.100. The smallest absolute Gasteiger partial charge is 0.343 e. The zero-order valence-corrected chi connectivity index (χ0v) is 7.51. The number of carbonyl (C=O) groups is 1. The highest BCUT2D eigenvalue weighted by atomic mass is 19.1. The van der Waals surface area contributed by atoms with Gasteiger partial charge in [0.1, 0.15) is 17.2 Å². The van der Waals surface area contributed by atoms with Crippen LogP contribution < -0.4 is 0 Å². The Morgan fingerprint density at radius 3 is 2.29 bits per heavy atom. The van der Waals surface area contributed by atoms with Crippen LogP contribution in [0.2, 0.25) is 0 Å². The Labute approximate surface area is 79.8 Å². The topological polar surface area (TPSA) is 26.3 Å². The van der Waals surface area contributed by atoms with Crippen LogP contribution >= 0.6 is 0 Å². The lowest BCUT2D eigenvalue weighted by atomic mass is 10.1. The molecule has 74 valence electrons. The van der Waals surface area contributed by atoms with E-state index in [0.717, 1.165) is 19.2 Å². The van der Waals surface area contributed by atoms with Gasteiger partial charge in [-0.3, -0.25) is 0 Å². The molecule has 0 amide bonds. The molecule has 1 aromatic carbocycles. The zero-order valence-electron chi connectivity index (χ0n) is 7.51. The molecule has 0 spiro atoms. The number of carbonyl (C=O) groups excluding carboxylic acids is 1. The van der Waals surface area contributed by atoms with Crippen molar-refractivity contribution in [3.63, 3.8) is 0 Å². The Bertz CT molecular complexity index is 363. The fourth-order valence-corrected chi connectivity index (χ4v) is 1.01. The predicted molar refractivity (Wildman–Crippen MR) is 47.8 cm³/mol. The first-order valence-corrected chi connectivity index (χ1v) is 3.80. The van der Waals surface area contributed by atoms with Crippen LogP contribution in [0.25, 0.3) is 6.08 Å². The van der Waals surface area contributed by atoms with Gasteiger partial charge in [0.05, 0.1) is 7.11 Å². The monoisotopic (exact) mass is 198 g/mol. The lowest BCUT2D eigenvalue weighted by Gasteiger charge is -2.03. The van der Waals surface area contributed by atoms with Crippen molar-refractivity contribution in [3.8, 4) is 0 Å². The van der Waals surface area contributed by atoms with E-state index >= 15 is 0 Å². The molecule has 0 fully saturated rings. The van der Waals surface area contributed by atoms with Crippen molar-refractivity contribution in [2.45, 2.75) is 0 Å². The van der Waals surface area contributed by atoms with Gasteiger partial charge in [0.2, 0.25) is 0 Å². The minimum Gasteiger partial charge on any atom is -0.465 e. The maximum Gasteiger partial charge on any atom is 0.343 e. The van der Waals surface area contributed by atoms with Gasteiger partial charge in [0.15, 0.2) is 0 Å². The normalized spacial score (nSPS) is 9.64. The molecule has 0 aromatic heterocycles. The number of ether oxygens (including phenoxy) is 1. The van der Waals surface area contributed by atoms with Crippen molar-refractivity contribution >= 4 is 12.0 Å². The van der Waals surface area contributed by atoms with Crippen LogP contribution in [0, 0.1) is 11.6 Å². The van der Waals surface area contributed by atoms with Crippen molar-refractivity contribution in [2.75, 3.05) is 7.11 Å². The minimum absolute atomic E-state index is 0.271. The van der Waals surface area contributed by atoms with Gasteiger partial charge in [-0.25, -0.2) is 13.6 Å². The fourth-order valence-electron chi connectivity index (χ4n) is 1.01. The number of benzene rings is 1. The lowest BCUT2D eigenvalue weighted by Crippen LogP contribution is -2.08. The largest absolute Gasteiger partial charge is 0.465 e. The highest BCUT2D eigenvalue weighted by molar-refractivity contribution is 5.90. The minimum atomic E-state index is -1.03. The van der Waals surface area contributed by atoms with E-state index in [-0.39, 0.29) is 5.56 Å². The van der Waals surface area contributed by atoms with Gasteiger partial charge in [-0.05, 0) is 17.7 Å². The van der Waals surface area contributed by atoms with E-state index in [9.17, 15) is 13.6 Å². The molecule has 0 N–H and O–H groups in total. The van der Waals surface area contributed by atoms with Crippen molar-refractivity contribution < 1.29 is 18.3 Å². The van der Waals surface area contributed by atoms with E-state index in [4.69, 9.17) is 0 Å². The highest BCUT2D eigenvalue weighted by Gasteiger charge is 2.18. The first-order valence-electron chi connectivity index (χ1n) is 3.80. The quantitative estimate of drug-likeness (QED) is 0.682. The summed E-state index contributed by atoms with van der Waals surface area (Å²) in [6, 6.07) is 2.03. The second-order valence-corrected chi connectivity index (χ2v) is 2.56. The molecule has 0 unspecified atom stereocenters. The van der Waals surface area contributed by atoms with Gasteiger partial charge in [-0.2, -0.15) is 0 Å². The summed E-state index contributed by atoms with van der Waals surface area (Å²) in [6.07, 6.45) is 1.28. The second-order valence-electron chi connectivity index (χ2n) is 2.56. The highest BCUT2D eigenvalue weighted by Crippen LogP contribution is 2.16. The molecule has 0 atom stereocenters. The molecule has 0 radical (unpaired) electrons. The molecule has 1 rings (SSSR count). The predicted octanol–water partition coefficient (Wildman–Crippen LogP) is 2.39. The molecular weight excluding hydrogens is 190 g/mol. The van der Waals surface area contributed by atoms with Crippen LogP contribution in [-0.2, 0) is 4.74 Å².